The minimum atomic E-state index is -3.93. The Morgan fingerprint density at radius 3 is 2.06 bits per heavy atom. The van der Waals surface area contributed by atoms with Crippen molar-refractivity contribution in [2.24, 2.45) is 5.41 Å². The van der Waals surface area contributed by atoms with Crippen LogP contribution in [0.5, 0.6) is 0 Å². The number of nitrogens with zero attached hydrogens (tertiary/aromatic N) is 1. The Kier molecular flexibility index (Phi) is 7.21. The van der Waals surface area contributed by atoms with Gasteiger partial charge in [-0.1, -0.05) is 45.0 Å². The molecule has 0 spiro atoms. The summed E-state index contributed by atoms with van der Waals surface area (Å²) < 4.78 is 29.2. The van der Waals surface area contributed by atoms with Gasteiger partial charge in [0.2, 0.25) is 5.91 Å². The van der Waals surface area contributed by atoms with E-state index in [-0.39, 0.29) is 16.8 Å². The number of likely N-dealkylation sites (tertiary alicyclic amines) is 1. The molecule has 3 N–H and O–H groups in total. The monoisotopic (exact) mass is 508 g/mol. The van der Waals surface area contributed by atoms with E-state index in [1.165, 1.54) is 0 Å². The average Bonchev–Trinajstić information content (AvgIpc) is 2.85. The lowest BCUT2D eigenvalue weighted by atomic mass is 9.95. The van der Waals surface area contributed by atoms with Crippen LogP contribution < -0.4 is 15.4 Å². The van der Waals surface area contributed by atoms with Gasteiger partial charge in [-0.3, -0.25) is 9.52 Å². The molecule has 1 aliphatic heterocycles. The summed E-state index contributed by atoms with van der Waals surface area (Å²) in [6.07, 6.45) is 3.10. The second-order valence-corrected chi connectivity index (χ2v) is 11.7. The number of hydrogen-bond donors (Lipinski definition) is 3. The molecule has 0 aromatic heterocycles. The number of fused-ring (bicyclic) bond motifs is 1. The normalized spacial score (nSPS) is 14.4. The zero-order valence-corrected chi connectivity index (χ0v) is 21.6. The van der Waals surface area contributed by atoms with E-state index in [0.29, 0.717) is 27.8 Å². The Labute approximate surface area is 212 Å². The molecule has 3 aromatic rings. The van der Waals surface area contributed by atoms with Crippen LogP contribution in [0.4, 0.5) is 21.9 Å². The van der Waals surface area contributed by atoms with E-state index >= 15 is 0 Å². The third-order valence-corrected chi connectivity index (χ3v) is 7.57. The Morgan fingerprint density at radius 2 is 1.39 bits per heavy atom. The minimum Gasteiger partial charge on any atom is -0.326 e. The van der Waals surface area contributed by atoms with Gasteiger partial charge in [0.1, 0.15) is 0 Å². The molecule has 0 aliphatic carbocycles. The summed E-state index contributed by atoms with van der Waals surface area (Å²) in [7, 11) is -3.93. The molecule has 190 valence electrons. The molecule has 1 fully saturated rings. The lowest BCUT2D eigenvalue weighted by Gasteiger charge is -2.27. The quantitative estimate of drug-likeness (QED) is 0.414. The van der Waals surface area contributed by atoms with Crippen LogP contribution in [-0.4, -0.2) is 38.3 Å². The maximum atomic E-state index is 13.3. The molecule has 1 aliphatic rings. The second kappa shape index (κ2) is 10.2. The number of sulfonamides is 1. The van der Waals surface area contributed by atoms with Crippen LogP contribution >= 0.6 is 0 Å². The van der Waals surface area contributed by atoms with E-state index in [4.69, 9.17) is 0 Å². The SMILES string of the molecule is CC(C)(C)C(=O)Nc1ccc(NS(=O)(=O)c2cccc3c(NC(=O)N4CCCCC4)cccc23)cc1. The van der Waals surface area contributed by atoms with Gasteiger partial charge in [-0.2, -0.15) is 0 Å². The van der Waals surface area contributed by atoms with Crippen LogP contribution in [0, 0.1) is 5.41 Å². The predicted molar refractivity (Wildman–Crippen MR) is 144 cm³/mol. The highest BCUT2D eigenvalue weighted by molar-refractivity contribution is 7.93. The third kappa shape index (κ3) is 5.79. The Bertz CT molecular complexity index is 1370. The third-order valence-electron chi connectivity index (χ3n) is 6.13. The van der Waals surface area contributed by atoms with Crippen molar-refractivity contribution in [3.05, 3.63) is 60.7 Å². The number of anilines is 3. The van der Waals surface area contributed by atoms with Crippen molar-refractivity contribution in [3.63, 3.8) is 0 Å². The van der Waals surface area contributed by atoms with Crippen molar-refractivity contribution in [2.75, 3.05) is 28.4 Å². The summed E-state index contributed by atoms with van der Waals surface area (Å²) in [5.74, 6) is -0.130. The van der Waals surface area contributed by atoms with Crippen molar-refractivity contribution >= 4 is 49.8 Å². The fraction of sp³-hybridized carbons (Fsp3) is 0.333. The van der Waals surface area contributed by atoms with Gasteiger partial charge in [-0.15, -0.1) is 0 Å². The van der Waals surface area contributed by atoms with Crippen molar-refractivity contribution in [3.8, 4) is 0 Å². The lowest BCUT2D eigenvalue weighted by Crippen LogP contribution is -2.38. The van der Waals surface area contributed by atoms with Gasteiger partial charge in [0.15, 0.2) is 0 Å². The molecule has 0 unspecified atom stereocenters. The molecular formula is C27H32N4O4S. The number of hydrogen-bond acceptors (Lipinski definition) is 4. The van der Waals surface area contributed by atoms with Crippen molar-refractivity contribution in [1.29, 1.82) is 0 Å². The molecular weight excluding hydrogens is 476 g/mol. The molecule has 9 heteroatoms. The molecule has 1 saturated heterocycles. The fourth-order valence-corrected chi connectivity index (χ4v) is 5.35. The molecule has 0 atom stereocenters. The molecule has 36 heavy (non-hydrogen) atoms. The number of amides is 3. The van der Waals surface area contributed by atoms with E-state index < -0.39 is 15.4 Å². The van der Waals surface area contributed by atoms with Crippen LogP contribution in [0.3, 0.4) is 0 Å². The van der Waals surface area contributed by atoms with Gasteiger partial charge < -0.3 is 15.5 Å². The van der Waals surface area contributed by atoms with E-state index in [9.17, 15) is 18.0 Å². The number of benzene rings is 3. The van der Waals surface area contributed by atoms with Crippen LogP contribution in [0.2, 0.25) is 0 Å². The van der Waals surface area contributed by atoms with Gasteiger partial charge in [-0.05, 0) is 55.7 Å². The number of nitrogens with one attached hydrogen (secondary N) is 3. The highest BCUT2D eigenvalue weighted by Crippen LogP contribution is 2.30. The van der Waals surface area contributed by atoms with Crippen LogP contribution in [0.25, 0.3) is 10.8 Å². The second-order valence-electron chi connectivity index (χ2n) is 10.0. The van der Waals surface area contributed by atoms with E-state index in [0.717, 1.165) is 32.4 Å². The molecule has 1 heterocycles. The highest BCUT2D eigenvalue weighted by Gasteiger charge is 2.22. The van der Waals surface area contributed by atoms with E-state index in [1.807, 2.05) is 20.8 Å². The average molecular weight is 509 g/mol. The number of carbonyl (C=O) groups excluding carboxylic acids is 2. The molecule has 4 rings (SSSR count). The van der Waals surface area contributed by atoms with Crippen molar-refractivity contribution in [2.45, 2.75) is 44.9 Å². The summed E-state index contributed by atoms with van der Waals surface area (Å²) in [5, 5.41) is 6.93. The standard InChI is InChI=1S/C27H32N4O4S/c1-27(2,3)25(32)28-19-13-15-20(16-14-19)30-36(34,35)24-12-8-9-21-22(24)10-7-11-23(21)29-26(33)31-17-5-4-6-18-31/h7-16,30H,4-6,17-18H2,1-3H3,(H,28,32)(H,29,33). The van der Waals surface area contributed by atoms with Crippen LogP contribution in [0.15, 0.2) is 65.6 Å². The summed E-state index contributed by atoms with van der Waals surface area (Å²) >= 11 is 0. The molecule has 3 amide bonds. The topological polar surface area (TPSA) is 108 Å². The zero-order chi connectivity index (χ0) is 25.9. The molecule has 0 bridgehead atoms. The number of rotatable bonds is 5. The van der Waals surface area contributed by atoms with Crippen molar-refractivity contribution in [1.82, 2.24) is 4.90 Å². The van der Waals surface area contributed by atoms with Gasteiger partial charge in [0.25, 0.3) is 10.0 Å². The van der Waals surface area contributed by atoms with Crippen LogP contribution in [-0.2, 0) is 14.8 Å². The molecule has 8 nitrogen and oxygen atoms in total. The first-order valence-electron chi connectivity index (χ1n) is 12.1. The Balaban J connectivity index is 1.55. The summed E-state index contributed by atoms with van der Waals surface area (Å²) in [5.41, 5.74) is 0.979. The maximum absolute atomic E-state index is 13.3. The minimum absolute atomic E-state index is 0.110. The first kappa shape index (κ1) is 25.5. The van der Waals surface area contributed by atoms with Gasteiger partial charge in [-0.25, -0.2) is 13.2 Å². The largest absolute Gasteiger partial charge is 0.326 e. The highest BCUT2D eigenvalue weighted by atomic mass is 32.2. The molecule has 0 radical (unpaired) electrons. The van der Waals surface area contributed by atoms with Crippen molar-refractivity contribution < 1.29 is 18.0 Å². The van der Waals surface area contributed by atoms with Crippen LogP contribution in [0.1, 0.15) is 40.0 Å². The zero-order valence-electron chi connectivity index (χ0n) is 20.8. The molecule has 3 aromatic carbocycles. The maximum Gasteiger partial charge on any atom is 0.321 e. The summed E-state index contributed by atoms with van der Waals surface area (Å²) in [6.45, 7) is 6.90. The number of piperidine rings is 1. The summed E-state index contributed by atoms with van der Waals surface area (Å²) in [6, 6.07) is 16.6. The Hall–Kier alpha value is -3.59. The fourth-order valence-electron chi connectivity index (χ4n) is 4.07. The van der Waals surface area contributed by atoms with E-state index in [2.05, 4.69) is 15.4 Å². The first-order valence-corrected chi connectivity index (χ1v) is 13.5. The van der Waals surface area contributed by atoms with E-state index in [1.54, 1.807) is 65.6 Å². The van der Waals surface area contributed by atoms with Gasteiger partial charge in [0.05, 0.1) is 10.6 Å². The number of carbonyl (C=O) groups is 2. The molecule has 0 saturated carbocycles. The Morgan fingerprint density at radius 1 is 0.778 bits per heavy atom. The van der Waals surface area contributed by atoms with Gasteiger partial charge in [0, 0.05) is 40.7 Å². The predicted octanol–water partition coefficient (Wildman–Crippen LogP) is 5.64. The first-order chi connectivity index (χ1) is 17.0. The van der Waals surface area contributed by atoms with Gasteiger partial charge >= 0.3 is 6.03 Å². The summed E-state index contributed by atoms with van der Waals surface area (Å²) in [4.78, 5) is 26.8. The lowest BCUT2D eigenvalue weighted by molar-refractivity contribution is -0.123. The smallest absolute Gasteiger partial charge is 0.321 e. The number of urea groups is 1.